The molecule has 0 aliphatic carbocycles. The molecule has 1 fully saturated rings. The third-order valence-corrected chi connectivity index (χ3v) is 5.15. The van der Waals surface area contributed by atoms with E-state index in [-0.39, 0.29) is 5.91 Å². The summed E-state index contributed by atoms with van der Waals surface area (Å²) in [6, 6.07) is 11.2. The summed E-state index contributed by atoms with van der Waals surface area (Å²) in [6.45, 7) is 4.26. The van der Waals surface area contributed by atoms with Crippen molar-refractivity contribution in [3.8, 4) is 0 Å². The molecule has 0 bridgehead atoms. The number of hydrazine groups is 1. The molecule has 1 aliphatic heterocycles. The maximum Gasteiger partial charge on any atom is 0.285 e. The molecule has 5 nitrogen and oxygen atoms in total. The van der Waals surface area contributed by atoms with E-state index in [4.69, 9.17) is 12.2 Å². The Bertz CT molecular complexity index is 877. The number of amides is 2. The molecule has 3 rings (SSSR count). The number of carbonyl (C=O) groups is 2. The Balaban J connectivity index is 1.75. The Morgan fingerprint density at radius 1 is 1.19 bits per heavy atom. The molecule has 0 atom stereocenters. The Kier molecular flexibility index (Phi) is 5.49. The Labute approximate surface area is 161 Å². The lowest BCUT2D eigenvalue weighted by Crippen LogP contribution is -2.44. The number of hydrogen-bond donors (Lipinski definition) is 1. The number of benzene rings is 1. The first-order valence-electron chi connectivity index (χ1n) is 8.04. The third kappa shape index (κ3) is 4.00. The average molecular weight is 383 g/mol. The molecule has 26 heavy (non-hydrogen) atoms. The van der Waals surface area contributed by atoms with Crippen LogP contribution in [0.2, 0.25) is 0 Å². The van der Waals surface area contributed by atoms with E-state index in [0.29, 0.717) is 20.7 Å². The summed E-state index contributed by atoms with van der Waals surface area (Å²) in [4.78, 5) is 29.2. The van der Waals surface area contributed by atoms with Gasteiger partial charge in [0.15, 0.2) is 4.32 Å². The Morgan fingerprint density at radius 2 is 1.85 bits per heavy atom. The minimum absolute atomic E-state index is 0.294. The minimum Gasteiger partial charge on any atom is -0.267 e. The van der Waals surface area contributed by atoms with E-state index in [9.17, 15) is 9.59 Å². The lowest BCUT2D eigenvalue weighted by atomic mass is 10.0. The van der Waals surface area contributed by atoms with Gasteiger partial charge in [-0.3, -0.25) is 20.0 Å². The topological polar surface area (TPSA) is 62.3 Å². The van der Waals surface area contributed by atoms with Gasteiger partial charge in [-0.1, -0.05) is 49.9 Å². The van der Waals surface area contributed by atoms with Gasteiger partial charge in [0, 0.05) is 18.0 Å². The lowest BCUT2D eigenvalue weighted by molar-refractivity contribution is -0.123. The van der Waals surface area contributed by atoms with Gasteiger partial charge in [-0.05, 0) is 47.5 Å². The third-order valence-electron chi connectivity index (χ3n) is 3.85. The average Bonchev–Trinajstić information content (AvgIpc) is 2.90. The zero-order valence-corrected chi connectivity index (χ0v) is 15.9. The fraction of sp³-hybridized carbons (Fsp3) is 0.158. The van der Waals surface area contributed by atoms with Gasteiger partial charge in [-0.2, -0.15) is 5.01 Å². The highest BCUT2D eigenvalue weighted by Crippen LogP contribution is 2.31. The summed E-state index contributed by atoms with van der Waals surface area (Å²) < 4.78 is 0.294. The van der Waals surface area contributed by atoms with E-state index in [1.54, 1.807) is 18.2 Å². The molecule has 1 saturated heterocycles. The number of thiocarbonyl (C=S) groups is 1. The second-order valence-electron chi connectivity index (χ2n) is 6.02. The zero-order valence-electron chi connectivity index (χ0n) is 14.3. The van der Waals surface area contributed by atoms with Gasteiger partial charge in [0.25, 0.3) is 11.8 Å². The highest BCUT2D eigenvalue weighted by Gasteiger charge is 2.33. The second kappa shape index (κ2) is 7.80. The molecule has 7 heteroatoms. The summed E-state index contributed by atoms with van der Waals surface area (Å²) >= 11 is 6.40. The summed E-state index contributed by atoms with van der Waals surface area (Å²) in [5.41, 5.74) is 5.10. The number of aromatic nitrogens is 1. The van der Waals surface area contributed by atoms with Crippen molar-refractivity contribution in [1.82, 2.24) is 15.4 Å². The quantitative estimate of drug-likeness (QED) is 0.644. The molecular weight excluding hydrogens is 366 g/mol. The van der Waals surface area contributed by atoms with Crippen molar-refractivity contribution < 1.29 is 9.59 Å². The standard InChI is InChI=1S/C19H17N3O2S2/c1-12(2)14-5-3-13(4-6-14)11-16-18(24)22(19(25)26-16)21-17(23)15-7-9-20-10-8-15/h3-12H,1-2H3,(H,21,23)/b16-11-. The van der Waals surface area contributed by atoms with Gasteiger partial charge in [0.2, 0.25) is 0 Å². The Hall–Kier alpha value is -2.51. The van der Waals surface area contributed by atoms with Crippen LogP contribution in [0.3, 0.4) is 0 Å². The van der Waals surface area contributed by atoms with Crippen molar-refractivity contribution in [1.29, 1.82) is 0 Å². The smallest absolute Gasteiger partial charge is 0.267 e. The largest absolute Gasteiger partial charge is 0.285 e. The van der Waals surface area contributed by atoms with Gasteiger partial charge in [0.05, 0.1) is 4.91 Å². The van der Waals surface area contributed by atoms with Crippen LogP contribution in [0.5, 0.6) is 0 Å². The summed E-state index contributed by atoms with van der Waals surface area (Å²) in [5, 5.41) is 1.11. The van der Waals surface area contributed by atoms with Crippen molar-refractivity contribution >= 4 is 46.2 Å². The maximum absolute atomic E-state index is 12.6. The monoisotopic (exact) mass is 383 g/mol. The molecule has 1 aliphatic rings. The molecule has 0 unspecified atom stereocenters. The molecule has 2 heterocycles. The number of thioether (sulfide) groups is 1. The molecule has 132 valence electrons. The van der Waals surface area contributed by atoms with Crippen molar-refractivity contribution in [3.05, 3.63) is 70.4 Å². The molecule has 0 spiro atoms. The van der Waals surface area contributed by atoms with E-state index >= 15 is 0 Å². The molecule has 0 saturated carbocycles. The van der Waals surface area contributed by atoms with Crippen molar-refractivity contribution in [2.45, 2.75) is 19.8 Å². The van der Waals surface area contributed by atoms with Gasteiger partial charge in [-0.15, -0.1) is 0 Å². The number of nitrogens with zero attached hydrogens (tertiary/aromatic N) is 2. The number of rotatable bonds is 4. The lowest BCUT2D eigenvalue weighted by Gasteiger charge is -2.15. The molecular formula is C19H17N3O2S2. The van der Waals surface area contributed by atoms with Crippen LogP contribution < -0.4 is 5.43 Å². The normalized spacial score (nSPS) is 15.8. The Morgan fingerprint density at radius 3 is 2.46 bits per heavy atom. The van der Waals surface area contributed by atoms with Crippen molar-refractivity contribution in [3.63, 3.8) is 0 Å². The van der Waals surface area contributed by atoms with Crippen LogP contribution in [0.4, 0.5) is 0 Å². The maximum atomic E-state index is 12.6. The first-order chi connectivity index (χ1) is 12.5. The molecule has 1 aromatic heterocycles. The fourth-order valence-electron chi connectivity index (χ4n) is 2.36. The molecule has 2 aromatic rings. The SMILES string of the molecule is CC(C)c1ccc(/C=C2\SC(=S)N(NC(=O)c3ccncc3)C2=O)cc1. The number of pyridine rings is 1. The van der Waals surface area contributed by atoms with Gasteiger partial charge in [-0.25, -0.2) is 0 Å². The first kappa shape index (κ1) is 18.3. The van der Waals surface area contributed by atoms with Crippen molar-refractivity contribution in [2.24, 2.45) is 0 Å². The summed E-state index contributed by atoms with van der Waals surface area (Å²) in [7, 11) is 0. The minimum atomic E-state index is -0.411. The van der Waals surface area contributed by atoms with Gasteiger partial charge in [0.1, 0.15) is 0 Å². The second-order valence-corrected chi connectivity index (χ2v) is 7.69. The highest BCUT2D eigenvalue weighted by atomic mass is 32.2. The molecule has 1 aromatic carbocycles. The molecule has 2 amide bonds. The van der Waals surface area contributed by atoms with Gasteiger partial charge >= 0.3 is 0 Å². The zero-order chi connectivity index (χ0) is 18.7. The summed E-state index contributed by atoms with van der Waals surface area (Å²) in [5.74, 6) is -0.299. The van der Waals surface area contributed by atoms with Gasteiger partial charge < -0.3 is 0 Å². The van der Waals surface area contributed by atoms with Crippen LogP contribution in [0.25, 0.3) is 6.08 Å². The number of hydrogen-bond acceptors (Lipinski definition) is 5. The molecule has 1 N–H and O–H groups in total. The summed E-state index contributed by atoms with van der Waals surface area (Å²) in [6.07, 6.45) is 4.81. The van der Waals surface area contributed by atoms with Crippen molar-refractivity contribution in [2.75, 3.05) is 0 Å². The van der Waals surface area contributed by atoms with E-state index in [0.717, 1.165) is 10.6 Å². The van der Waals surface area contributed by atoms with Crippen LogP contribution in [-0.4, -0.2) is 26.1 Å². The molecule has 0 radical (unpaired) electrons. The van der Waals surface area contributed by atoms with Crippen LogP contribution in [0, 0.1) is 0 Å². The fourth-order valence-corrected chi connectivity index (χ4v) is 3.54. The highest BCUT2D eigenvalue weighted by molar-refractivity contribution is 8.26. The van der Waals surface area contributed by atoms with E-state index in [2.05, 4.69) is 24.3 Å². The number of carbonyl (C=O) groups excluding carboxylic acids is 2. The first-order valence-corrected chi connectivity index (χ1v) is 9.27. The van der Waals surface area contributed by atoms with Crippen LogP contribution in [-0.2, 0) is 4.79 Å². The van der Waals surface area contributed by atoms with Crippen LogP contribution >= 0.6 is 24.0 Å². The van der Waals surface area contributed by atoms with E-state index in [1.807, 2.05) is 24.3 Å². The van der Waals surface area contributed by atoms with Crippen LogP contribution in [0.15, 0.2) is 53.7 Å². The van der Waals surface area contributed by atoms with Crippen LogP contribution in [0.1, 0.15) is 41.3 Å². The van der Waals surface area contributed by atoms with E-state index < -0.39 is 5.91 Å². The predicted molar refractivity (Wildman–Crippen MR) is 107 cm³/mol. The van der Waals surface area contributed by atoms with E-state index in [1.165, 1.54) is 29.7 Å². The number of nitrogens with one attached hydrogen (secondary N) is 1. The predicted octanol–water partition coefficient (Wildman–Crippen LogP) is 3.75.